The summed E-state index contributed by atoms with van der Waals surface area (Å²) < 4.78 is 5.07. The topological polar surface area (TPSA) is 75.6 Å². The Morgan fingerprint density at radius 3 is 2.53 bits per heavy atom. The molecule has 0 radical (unpaired) electrons. The third-order valence-corrected chi connectivity index (χ3v) is 3.44. The first kappa shape index (κ1) is 15.7. The van der Waals surface area contributed by atoms with Gasteiger partial charge in [-0.15, -0.1) is 0 Å². The minimum atomic E-state index is -0.900. The van der Waals surface area contributed by atoms with E-state index in [9.17, 15) is 9.59 Å². The number of carboxylic acid groups (broad SMARTS) is 1. The minimum absolute atomic E-state index is 0.0390. The number of allylic oxidation sites excluding steroid dienone is 2. The second-order valence-electron chi connectivity index (χ2n) is 4.94. The summed E-state index contributed by atoms with van der Waals surface area (Å²) in [5.74, 6) is -2.16. The summed E-state index contributed by atoms with van der Waals surface area (Å²) in [6.45, 7) is 2.50. The number of ether oxygens (including phenoxy) is 1. The molecule has 19 heavy (non-hydrogen) atoms. The molecule has 1 aliphatic carbocycles. The van der Waals surface area contributed by atoms with E-state index in [2.05, 4.69) is 5.32 Å². The maximum atomic E-state index is 12.2. The quantitative estimate of drug-likeness (QED) is 0.688. The molecule has 1 unspecified atom stereocenters. The van der Waals surface area contributed by atoms with Crippen molar-refractivity contribution >= 4 is 11.9 Å². The Kier molecular flexibility index (Phi) is 6.56. The van der Waals surface area contributed by atoms with Crippen molar-refractivity contribution in [3.8, 4) is 0 Å². The maximum Gasteiger partial charge on any atom is 0.307 e. The van der Waals surface area contributed by atoms with Crippen LogP contribution in [-0.2, 0) is 14.3 Å². The third kappa shape index (κ3) is 4.67. The van der Waals surface area contributed by atoms with Crippen LogP contribution in [0.5, 0.6) is 0 Å². The van der Waals surface area contributed by atoms with Crippen LogP contribution in [-0.4, -0.2) is 36.7 Å². The number of rotatable bonds is 7. The summed E-state index contributed by atoms with van der Waals surface area (Å²) in [5.41, 5.74) is 0. The number of carbonyl (C=O) groups is 2. The van der Waals surface area contributed by atoms with Crippen LogP contribution in [0.15, 0.2) is 12.2 Å². The molecule has 5 nitrogen and oxygen atoms in total. The molecule has 1 amide bonds. The predicted molar refractivity (Wildman–Crippen MR) is 71.7 cm³/mol. The van der Waals surface area contributed by atoms with Gasteiger partial charge in [-0.3, -0.25) is 9.59 Å². The van der Waals surface area contributed by atoms with Crippen molar-refractivity contribution in [3.63, 3.8) is 0 Å². The molecule has 0 fully saturated rings. The van der Waals surface area contributed by atoms with Crippen molar-refractivity contribution < 1.29 is 19.4 Å². The third-order valence-electron chi connectivity index (χ3n) is 3.44. The molecule has 2 N–H and O–H groups in total. The van der Waals surface area contributed by atoms with E-state index in [1.807, 2.05) is 19.1 Å². The van der Waals surface area contributed by atoms with Gasteiger partial charge in [-0.05, 0) is 19.3 Å². The number of carboxylic acids is 1. The van der Waals surface area contributed by atoms with Crippen LogP contribution in [0.2, 0.25) is 0 Å². The van der Waals surface area contributed by atoms with Gasteiger partial charge in [0.25, 0.3) is 0 Å². The lowest BCUT2D eigenvalue weighted by molar-refractivity contribution is -0.147. The molecule has 108 valence electrons. The van der Waals surface area contributed by atoms with E-state index >= 15 is 0 Å². The standard InChI is InChI=1S/C14H23NO4/c1-3-6-10(9-19-2)15-13(16)11-7-4-5-8-12(11)14(17)18/h4-5,10-12H,3,6-9H2,1-2H3,(H,15,16)(H,17,18)/t10?,11-,12+/m1/s1. The minimum Gasteiger partial charge on any atom is -0.481 e. The van der Waals surface area contributed by atoms with Gasteiger partial charge in [-0.2, -0.15) is 0 Å². The Labute approximate surface area is 114 Å². The molecular formula is C14H23NO4. The fourth-order valence-electron chi connectivity index (χ4n) is 2.43. The molecule has 3 atom stereocenters. The summed E-state index contributed by atoms with van der Waals surface area (Å²) in [4.78, 5) is 23.4. The van der Waals surface area contributed by atoms with E-state index < -0.39 is 17.8 Å². The van der Waals surface area contributed by atoms with Gasteiger partial charge in [-0.1, -0.05) is 25.5 Å². The normalized spacial score (nSPS) is 23.9. The van der Waals surface area contributed by atoms with Crippen LogP contribution in [0.1, 0.15) is 32.6 Å². The van der Waals surface area contributed by atoms with Crippen LogP contribution < -0.4 is 5.32 Å². The number of hydrogen-bond acceptors (Lipinski definition) is 3. The summed E-state index contributed by atoms with van der Waals surface area (Å²) in [6.07, 6.45) is 6.42. The molecule has 0 bridgehead atoms. The zero-order chi connectivity index (χ0) is 14.3. The van der Waals surface area contributed by atoms with Crippen molar-refractivity contribution in [2.45, 2.75) is 38.6 Å². The van der Waals surface area contributed by atoms with Gasteiger partial charge in [0, 0.05) is 7.11 Å². The number of aliphatic carboxylic acids is 1. The van der Waals surface area contributed by atoms with Gasteiger partial charge in [0.15, 0.2) is 0 Å². The average Bonchev–Trinajstić information content (AvgIpc) is 2.39. The molecule has 0 aromatic carbocycles. The molecule has 0 saturated heterocycles. The SMILES string of the molecule is CCCC(COC)NC(=O)[C@@H]1CC=CC[C@@H]1C(=O)O. The highest BCUT2D eigenvalue weighted by molar-refractivity contribution is 5.85. The van der Waals surface area contributed by atoms with Gasteiger partial charge in [-0.25, -0.2) is 0 Å². The summed E-state index contributed by atoms with van der Waals surface area (Å²) in [6, 6.07) is -0.0390. The van der Waals surface area contributed by atoms with E-state index in [4.69, 9.17) is 9.84 Å². The molecule has 0 aliphatic heterocycles. The van der Waals surface area contributed by atoms with Crippen LogP contribution >= 0.6 is 0 Å². The van der Waals surface area contributed by atoms with Crippen LogP contribution in [0, 0.1) is 11.8 Å². The molecule has 1 aliphatic rings. The summed E-state index contributed by atoms with van der Waals surface area (Å²) in [5, 5.41) is 12.1. The van der Waals surface area contributed by atoms with Crippen molar-refractivity contribution in [1.29, 1.82) is 0 Å². The highest BCUT2D eigenvalue weighted by Gasteiger charge is 2.34. The predicted octanol–water partition coefficient (Wildman–Crippen LogP) is 1.58. The van der Waals surface area contributed by atoms with Crippen molar-refractivity contribution in [2.75, 3.05) is 13.7 Å². The molecule has 1 rings (SSSR count). The van der Waals surface area contributed by atoms with Crippen molar-refractivity contribution in [3.05, 3.63) is 12.2 Å². The van der Waals surface area contributed by atoms with Crippen molar-refractivity contribution in [2.24, 2.45) is 11.8 Å². The number of carbonyl (C=O) groups excluding carboxylic acids is 1. The molecule has 0 aromatic rings. The fourth-order valence-corrected chi connectivity index (χ4v) is 2.43. The Bertz CT molecular complexity index is 334. The maximum absolute atomic E-state index is 12.2. The van der Waals surface area contributed by atoms with E-state index in [0.29, 0.717) is 19.4 Å². The van der Waals surface area contributed by atoms with Gasteiger partial charge >= 0.3 is 5.97 Å². The second-order valence-corrected chi connectivity index (χ2v) is 4.94. The molecule has 5 heteroatoms. The van der Waals surface area contributed by atoms with Crippen LogP contribution in [0.4, 0.5) is 0 Å². The molecule has 0 spiro atoms. The largest absolute Gasteiger partial charge is 0.481 e. The average molecular weight is 269 g/mol. The smallest absolute Gasteiger partial charge is 0.307 e. The lowest BCUT2D eigenvalue weighted by Gasteiger charge is -2.26. The Hall–Kier alpha value is -1.36. The Balaban J connectivity index is 2.63. The highest BCUT2D eigenvalue weighted by Crippen LogP contribution is 2.26. The number of hydrogen-bond donors (Lipinski definition) is 2. The van der Waals surface area contributed by atoms with Crippen LogP contribution in [0.3, 0.4) is 0 Å². The Morgan fingerprint density at radius 1 is 1.37 bits per heavy atom. The van der Waals surface area contributed by atoms with Gasteiger partial charge in [0.2, 0.25) is 5.91 Å². The lowest BCUT2D eigenvalue weighted by atomic mass is 9.82. The second kappa shape index (κ2) is 7.94. The summed E-state index contributed by atoms with van der Waals surface area (Å²) >= 11 is 0. The first-order valence-electron chi connectivity index (χ1n) is 6.77. The van der Waals surface area contributed by atoms with Crippen molar-refractivity contribution in [1.82, 2.24) is 5.32 Å². The molecule has 0 heterocycles. The first-order chi connectivity index (χ1) is 9.10. The molecular weight excluding hydrogens is 246 g/mol. The number of nitrogens with one attached hydrogen (secondary N) is 1. The van der Waals surface area contributed by atoms with E-state index in [1.165, 1.54) is 0 Å². The van der Waals surface area contributed by atoms with Gasteiger partial charge < -0.3 is 15.2 Å². The molecule has 0 saturated carbocycles. The Morgan fingerprint density at radius 2 is 2.00 bits per heavy atom. The van der Waals surface area contributed by atoms with Crippen LogP contribution in [0.25, 0.3) is 0 Å². The van der Waals surface area contributed by atoms with Gasteiger partial charge in [0.1, 0.15) is 0 Å². The fraction of sp³-hybridized carbons (Fsp3) is 0.714. The monoisotopic (exact) mass is 269 g/mol. The van der Waals surface area contributed by atoms with Gasteiger partial charge in [0.05, 0.1) is 24.5 Å². The summed E-state index contributed by atoms with van der Waals surface area (Å²) in [7, 11) is 1.60. The number of methoxy groups -OCH3 is 1. The zero-order valence-corrected chi connectivity index (χ0v) is 11.6. The first-order valence-corrected chi connectivity index (χ1v) is 6.77. The number of amides is 1. The van der Waals surface area contributed by atoms with E-state index in [1.54, 1.807) is 7.11 Å². The zero-order valence-electron chi connectivity index (χ0n) is 11.6. The molecule has 0 aromatic heterocycles. The van der Waals surface area contributed by atoms with E-state index in [0.717, 1.165) is 12.8 Å². The highest BCUT2D eigenvalue weighted by atomic mass is 16.5. The van der Waals surface area contributed by atoms with E-state index in [-0.39, 0.29) is 11.9 Å². The lowest BCUT2D eigenvalue weighted by Crippen LogP contribution is -2.45.